The van der Waals surface area contributed by atoms with Crippen LogP contribution in [0, 0.1) is 5.41 Å². The first-order chi connectivity index (χ1) is 23.2. The van der Waals surface area contributed by atoms with Gasteiger partial charge in [0, 0.05) is 55.6 Å². The Morgan fingerprint density at radius 3 is 2.24 bits per heavy atom. The minimum absolute atomic E-state index is 0.0000553. The number of pyridine rings is 1. The Morgan fingerprint density at radius 1 is 0.980 bits per heavy atom. The summed E-state index contributed by atoms with van der Waals surface area (Å²) in [5.41, 5.74) is -0.299. The van der Waals surface area contributed by atoms with Crippen molar-refractivity contribution in [3.05, 3.63) is 52.9 Å². The number of aromatic nitrogens is 3. The number of piperidine rings is 2. The Hall–Kier alpha value is -3.60. The second kappa shape index (κ2) is 12.3. The maximum Gasteiger partial charge on any atom is 0.471 e. The lowest BCUT2D eigenvalue weighted by Gasteiger charge is -2.51. The molecular formula is C33H40F3N7O5S. The second-order valence-corrected chi connectivity index (χ2v) is 16.2. The number of benzene rings is 1. The Balaban J connectivity index is 0.959. The van der Waals surface area contributed by atoms with Crippen LogP contribution in [-0.2, 0) is 14.8 Å². The van der Waals surface area contributed by atoms with E-state index >= 15 is 0 Å². The Kier molecular flexibility index (Phi) is 8.52. The number of sulfonamides is 1. The van der Waals surface area contributed by atoms with Crippen molar-refractivity contribution in [1.29, 1.82) is 0 Å². The Bertz CT molecular complexity index is 1890. The number of anilines is 2. The van der Waals surface area contributed by atoms with E-state index in [0.29, 0.717) is 55.5 Å². The number of aliphatic hydroxyl groups is 1. The lowest BCUT2D eigenvalue weighted by molar-refractivity contribution is -0.192. The van der Waals surface area contributed by atoms with Crippen molar-refractivity contribution in [1.82, 2.24) is 28.6 Å². The number of nitrogens with one attached hydrogen (secondary N) is 1. The molecule has 49 heavy (non-hydrogen) atoms. The predicted octanol–water partition coefficient (Wildman–Crippen LogP) is 3.65. The number of hydrogen-bond acceptors (Lipinski definition) is 9. The zero-order valence-corrected chi connectivity index (χ0v) is 28.0. The van der Waals surface area contributed by atoms with Gasteiger partial charge < -0.3 is 15.3 Å². The van der Waals surface area contributed by atoms with E-state index in [1.807, 2.05) is 0 Å². The maximum absolute atomic E-state index is 13.6. The van der Waals surface area contributed by atoms with Gasteiger partial charge in [-0.2, -0.15) is 22.5 Å². The Labute approximate surface area is 282 Å². The molecular weight excluding hydrogens is 663 g/mol. The highest BCUT2D eigenvalue weighted by molar-refractivity contribution is 7.89. The molecule has 1 aromatic carbocycles. The first-order valence-corrected chi connectivity index (χ1v) is 18.2. The van der Waals surface area contributed by atoms with Crippen molar-refractivity contribution >= 4 is 38.6 Å². The lowest BCUT2D eigenvalue weighted by Crippen LogP contribution is -2.64. The third kappa shape index (κ3) is 6.43. The minimum atomic E-state index is -4.84. The van der Waals surface area contributed by atoms with E-state index in [4.69, 9.17) is 0 Å². The number of nitrogens with zero attached hydrogens (tertiary/aromatic N) is 6. The fraction of sp³-hybridized carbons (Fsp3) is 0.576. The highest BCUT2D eigenvalue weighted by atomic mass is 32.2. The largest absolute Gasteiger partial charge is 0.471 e. The summed E-state index contributed by atoms with van der Waals surface area (Å²) in [5.74, 6) is -1.55. The molecule has 0 bridgehead atoms. The molecule has 1 spiro atoms. The van der Waals surface area contributed by atoms with E-state index < -0.39 is 33.7 Å². The van der Waals surface area contributed by atoms with Crippen molar-refractivity contribution in [3.8, 4) is 0 Å². The van der Waals surface area contributed by atoms with Gasteiger partial charge in [0.15, 0.2) is 0 Å². The van der Waals surface area contributed by atoms with Crippen LogP contribution in [-0.4, -0.2) is 105 Å². The summed E-state index contributed by atoms with van der Waals surface area (Å²) >= 11 is 0. The second-order valence-electron chi connectivity index (χ2n) is 14.2. The van der Waals surface area contributed by atoms with Crippen molar-refractivity contribution < 1.29 is 31.5 Å². The van der Waals surface area contributed by atoms with Gasteiger partial charge in [0.25, 0.3) is 5.56 Å². The molecule has 4 fully saturated rings. The molecule has 264 valence electrons. The van der Waals surface area contributed by atoms with Crippen LogP contribution in [0.1, 0.15) is 57.9 Å². The fourth-order valence-electron chi connectivity index (χ4n) is 8.02. The van der Waals surface area contributed by atoms with Gasteiger partial charge in [-0.25, -0.2) is 13.4 Å². The standard InChI is InChI=1S/C33H40F3N7O5S/c1-31(46)10-2-3-26(31)43-27(44)9-4-22-19-37-30(39-28(22)43)38-23-5-7-25(8-6-23)49(47,48)42-17-13-32(14-18-42)11-15-40(16-12-32)24-20-41(21-24)29(45)33(34,35)36/h4-9,19,24,26,46H,2-3,10-18,20-21H2,1H3,(H,37,38,39)/t26-,31-/m1/s1. The molecule has 2 N–H and O–H groups in total. The average molecular weight is 704 g/mol. The summed E-state index contributed by atoms with van der Waals surface area (Å²) < 4.78 is 68.3. The van der Waals surface area contributed by atoms with Crippen LogP contribution in [0.5, 0.6) is 0 Å². The molecule has 3 saturated heterocycles. The van der Waals surface area contributed by atoms with Gasteiger partial charge in [-0.05, 0) is 101 Å². The lowest BCUT2D eigenvalue weighted by atomic mass is 9.71. The van der Waals surface area contributed by atoms with E-state index in [9.17, 15) is 36.3 Å². The number of carbonyl (C=O) groups excluding carboxylic acids is 1. The molecule has 2 atom stereocenters. The van der Waals surface area contributed by atoms with Crippen LogP contribution in [0.15, 0.2) is 52.3 Å². The quantitative estimate of drug-likeness (QED) is 0.394. The summed E-state index contributed by atoms with van der Waals surface area (Å²) in [6, 6.07) is 9.01. The zero-order chi connectivity index (χ0) is 34.8. The van der Waals surface area contributed by atoms with Crippen LogP contribution < -0.4 is 10.9 Å². The molecule has 12 nitrogen and oxygen atoms in total. The van der Waals surface area contributed by atoms with Crippen LogP contribution in [0.4, 0.5) is 24.8 Å². The van der Waals surface area contributed by atoms with E-state index in [-0.39, 0.29) is 40.9 Å². The van der Waals surface area contributed by atoms with Crippen molar-refractivity contribution in [3.63, 3.8) is 0 Å². The smallest absolute Gasteiger partial charge is 0.388 e. The van der Waals surface area contributed by atoms with Gasteiger partial charge in [-0.15, -0.1) is 0 Å². The zero-order valence-electron chi connectivity index (χ0n) is 27.2. The number of fused-ring (bicyclic) bond motifs is 1. The molecule has 5 heterocycles. The number of halogens is 3. The average Bonchev–Trinajstić information content (AvgIpc) is 3.39. The summed E-state index contributed by atoms with van der Waals surface area (Å²) in [5, 5.41) is 14.7. The minimum Gasteiger partial charge on any atom is -0.388 e. The van der Waals surface area contributed by atoms with E-state index in [0.717, 1.165) is 37.3 Å². The highest BCUT2D eigenvalue weighted by Gasteiger charge is 2.49. The maximum atomic E-state index is 13.6. The van der Waals surface area contributed by atoms with Crippen LogP contribution in [0.25, 0.3) is 11.0 Å². The van der Waals surface area contributed by atoms with E-state index in [1.165, 1.54) is 10.4 Å². The summed E-state index contributed by atoms with van der Waals surface area (Å²) in [6.07, 6.45) is 1.93. The fourth-order valence-corrected chi connectivity index (χ4v) is 9.46. The number of alkyl halides is 3. The number of amides is 1. The van der Waals surface area contributed by atoms with Crippen molar-refractivity contribution in [2.45, 2.75) is 80.6 Å². The Morgan fingerprint density at radius 2 is 1.63 bits per heavy atom. The molecule has 2 aromatic heterocycles. The molecule has 1 amide bonds. The first kappa shape index (κ1) is 33.9. The summed E-state index contributed by atoms with van der Waals surface area (Å²) in [7, 11) is -3.74. The summed E-state index contributed by atoms with van der Waals surface area (Å²) in [4.78, 5) is 36.5. The third-order valence-electron chi connectivity index (χ3n) is 11.2. The topological polar surface area (TPSA) is 141 Å². The summed E-state index contributed by atoms with van der Waals surface area (Å²) in [6.45, 7) is 4.14. The monoisotopic (exact) mass is 703 g/mol. The number of carbonyl (C=O) groups is 1. The first-order valence-electron chi connectivity index (χ1n) is 16.7. The highest BCUT2D eigenvalue weighted by Crippen LogP contribution is 2.43. The number of rotatable bonds is 6. The normalized spacial score (nSPS) is 25.5. The number of likely N-dealkylation sites (tertiary alicyclic amines) is 2. The molecule has 3 aromatic rings. The predicted molar refractivity (Wildman–Crippen MR) is 175 cm³/mol. The van der Waals surface area contributed by atoms with E-state index in [2.05, 4.69) is 20.2 Å². The van der Waals surface area contributed by atoms with Gasteiger partial charge in [0.1, 0.15) is 5.65 Å². The van der Waals surface area contributed by atoms with Crippen LogP contribution >= 0.6 is 0 Å². The molecule has 1 aliphatic carbocycles. The number of hydrogen-bond donors (Lipinski definition) is 2. The molecule has 7 rings (SSSR count). The van der Waals surface area contributed by atoms with Gasteiger partial charge in [-0.1, -0.05) is 0 Å². The van der Waals surface area contributed by atoms with Gasteiger partial charge in [0.2, 0.25) is 16.0 Å². The van der Waals surface area contributed by atoms with Crippen LogP contribution in [0.2, 0.25) is 0 Å². The third-order valence-corrected chi connectivity index (χ3v) is 13.1. The molecule has 4 aliphatic rings. The molecule has 16 heteroatoms. The molecule has 1 saturated carbocycles. The van der Waals surface area contributed by atoms with Crippen molar-refractivity contribution in [2.24, 2.45) is 5.41 Å². The molecule has 0 unspecified atom stereocenters. The SMILES string of the molecule is C[C@@]1(O)CCC[C@H]1n1c(=O)ccc2cnc(Nc3ccc(S(=O)(=O)N4CCC5(CCN(C6CN(C(=O)C(F)(F)F)C6)CC5)CC4)cc3)nc21. The van der Waals surface area contributed by atoms with Gasteiger partial charge in [0.05, 0.1) is 16.5 Å². The van der Waals surface area contributed by atoms with Gasteiger partial charge >= 0.3 is 12.1 Å². The molecule has 3 aliphatic heterocycles. The van der Waals surface area contributed by atoms with Crippen LogP contribution in [0.3, 0.4) is 0 Å². The van der Waals surface area contributed by atoms with Crippen molar-refractivity contribution in [2.75, 3.05) is 44.6 Å². The van der Waals surface area contributed by atoms with E-state index in [1.54, 1.807) is 48.0 Å². The molecule has 0 radical (unpaired) electrons. The van der Waals surface area contributed by atoms with Gasteiger partial charge in [-0.3, -0.25) is 19.1 Å².